The molecule has 3 aromatic rings. The first-order chi connectivity index (χ1) is 20.0. The minimum absolute atomic E-state index is 0.0598. The van der Waals surface area contributed by atoms with E-state index in [-0.39, 0.29) is 29.1 Å². The van der Waals surface area contributed by atoms with E-state index in [9.17, 15) is 19.1 Å². The van der Waals surface area contributed by atoms with Gasteiger partial charge < -0.3 is 14.6 Å². The highest BCUT2D eigenvalue weighted by atomic mass is 19.1. The number of carboxylic acids is 1. The molecule has 5 rings (SSSR count). The molecule has 2 aromatic carbocycles. The molecule has 3 atom stereocenters. The second-order valence-corrected chi connectivity index (χ2v) is 13.4. The van der Waals surface area contributed by atoms with Gasteiger partial charge in [0.05, 0.1) is 0 Å². The Hall–Kier alpha value is -3.29. The molecule has 2 aliphatic heterocycles. The minimum atomic E-state index is -0.807. The van der Waals surface area contributed by atoms with Crippen molar-refractivity contribution in [2.24, 2.45) is 18.4 Å². The predicted octanol–water partition coefficient (Wildman–Crippen LogP) is 5.51. The molecular weight excluding hydrogens is 529 g/mol. The Bertz CT molecular complexity index is 1440. The van der Waals surface area contributed by atoms with E-state index in [2.05, 4.69) is 28.0 Å². The van der Waals surface area contributed by atoms with Crippen molar-refractivity contribution in [3.05, 3.63) is 105 Å². The first kappa shape index (κ1) is 30.2. The van der Waals surface area contributed by atoms with E-state index < -0.39 is 17.4 Å². The SMILES string of the molecule is Cn1cc(Cc2ccccc2)cc(C2CCN(CC3CN(C(C(=O)O)C(C)(C)C)CC3c3cccc(F)c3)CC2)c1=O. The highest BCUT2D eigenvalue weighted by Gasteiger charge is 2.44. The molecule has 0 bridgehead atoms. The van der Waals surface area contributed by atoms with Gasteiger partial charge in [0.25, 0.3) is 5.56 Å². The molecule has 0 spiro atoms. The Kier molecular flexibility index (Phi) is 9.00. The Morgan fingerprint density at radius 2 is 1.71 bits per heavy atom. The molecule has 3 heterocycles. The fourth-order valence-electron chi connectivity index (χ4n) is 7.28. The molecule has 1 N–H and O–H groups in total. The van der Waals surface area contributed by atoms with Crippen molar-refractivity contribution in [2.75, 3.05) is 32.7 Å². The van der Waals surface area contributed by atoms with Crippen LogP contribution >= 0.6 is 0 Å². The number of likely N-dealkylation sites (tertiary alicyclic amines) is 2. The van der Waals surface area contributed by atoms with Crippen LogP contribution in [0.25, 0.3) is 0 Å². The summed E-state index contributed by atoms with van der Waals surface area (Å²) in [5.74, 6) is -0.600. The fraction of sp³-hybridized carbons (Fsp3) is 0.486. The van der Waals surface area contributed by atoms with Crippen molar-refractivity contribution in [3.63, 3.8) is 0 Å². The Morgan fingerprint density at radius 1 is 1.00 bits per heavy atom. The zero-order valence-corrected chi connectivity index (χ0v) is 25.3. The summed E-state index contributed by atoms with van der Waals surface area (Å²) in [5.41, 5.74) is 3.89. The number of aryl methyl sites for hydroxylation is 1. The maximum absolute atomic E-state index is 14.2. The van der Waals surface area contributed by atoms with Gasteiger partial charge in [0.1, 0.15) is 11.9 Å². The lowest BCUT2D eigenvalue weighted by Gasteiger charge is -2.36. The first-order valence-corrected chi connectivity index (χ1v) is 15.2. The van der Waals surface area contributed by atoms with Crippen molar-refractivity contribution >= 4 is 5.97 Å². The van der Waals surface area contributed by atoms with Gasteiger partial charge in [-0.3, -0.25) is 14.5 Å². The van der Waals surface area contributed by atoms with E-state index in [0.717, 1.165) is 55.6 Å². The topological polar surface area (TPSA) is 65.8 Å². The molecular formula is C35H44FN3O3. The second-order valence-electron chi connectivity index (χ2n) is 13.4. The van der Waals surface area contributed by atoms with Crippen molar-refractivity contribution in [1.82, 2.24) is 14.4 Å². The van der Waals surface area contributed by atoms with Gasteiger partial charge in [-0.1, -0.05) is 63.2 Å². The predicted molar refractivity (Wildman–Crippen MR) is 164 cm³/mol. The van der Waals surface area contributed by atoms with Crippen LogP contribution in [0, 0.1) is 17.2 Å². The third-order valence-corrected chi connectivity index (χ3v) is 9.20. The number of benzene rings is 2. The first-order valence-electron chi connectivity index (χ1n) is 15.2. The number of hydrogen-bond donors (Lipinski definition) is 1. The maximum atomic E-state index is 14.2. The van der Waals surface area contributed by atoms with Gasteiger partial charge in [0, 0.05) is 44.4 Å². The number of carboxylic acid groups (broad SMARTS) is 1. The highest BCUT2D eigenvalue weighted by Crippen LogP contribution is 2.39. The number of rotatable bonds is 8. The van der Waals surface area contributed by atoms with Gasteiger partial charge in [-0.25, -0.2) is 4.39 Å². The summed E-state index contributed by atoms with van der Waals surface area (Å²) in [4.78, 5) is 30.1. The highest BCUT2D eigenvalue weighted by molar-refractivity contribution is 5.74. The zero-order valence-electron chi connectivity index (χ0n) is 25.3. The maximum Gasteiger partial charge on any atom is 0.321 e. The molecule has 7 heteroatoms. The summed E-state index contributed by atoms with van der Waals surface area (Å²) in [5, 5.41) is 10.1. The molecule has 1 aromatic heterocycles. The lowest BCUT2D eigenvalue weighted by molar-refractivity contribution is -0.147. The van der Waals surface area contributed by atoms with Crippen LogP contribution in [-0.2, 0) is 18.3 Å². The standard InChI is InChI=1S/C35H44FN3O3/c1-35(2,3)32(34(41)42)39-22-28(31(23-39)27-11-8-12-29(36)19-27)21-38-15-13-26(14-16-38)30-18-25(20-37(4)33(30)40)17-24-9-6-5-7-10-24/h5-12,18-20,26,28,31-32H,13-17,21-23H2,1-4H3,(H,41,42). The van der Waals surface area contributed by atoms with E-state index >= 15 is 0 Å². The van der Waals surface area contributed by atoms with Crippen molar-refractivity contribution < 1.29 is 14.3 Å². The van der Waals surface area contributed by atoms with Gasteiger partial charge in [-0.2, -0.15) is 0 Å². The number of piperidine rings is 1. The summed E-state index contributed by atoms with van der Waals surface area (Å²) in [6.07, 6.45) is 4.57. The largest absolute Gasteiger partial charge is 0.480 e. The lowest BCUT2D eigenvalue weighted by atomic mass is 9.85. The molecule has 2 aliphatic rings. The normalized spacial score (nSPS) is 21.5. The number of aromatic nitrogens is 1. The van der Waals surface area contributed by atoms with Crippen LogP contribution in [-0.4, -0.2) is 64.2 Å². The zero-order chi connectivity index (χ0) is 30.0. The molecule has 2 saturated heterocycles. The van der Waals surface area contributed by atoms with E-state index in [4.69, 9.17) is 0 Å². The smallest absolute Gasteiger partial charge is 0.321 e. The lowest BCUT2D eigenvalue weighted by Crippen LogP contribution is -2.48. The van der Waals surface area contributed by atoms with Gasteiger partial charge in [0.2, 0.25) is 0 Å². The average Bonchev–Trinajstić information content (AvgIpc) is 3.33. The van der Waals surface area contributed by atoms with Crippen molar-refractivity contribution in [2.45, 2.75) is 57.9 Å². The summed E-state index contributed by atoms with van der Waals surface area (Å²) in [6.45, 7) is 9.77. The average molecular weight is 574 g/mol. The quantitative estimate of drug-likeness (QED) is 0.385. The molecule has 2 fully saturated rings. The molecule has 0 radical (unpaired) electrons. The van der Waals surface area contributed by atoms with Crippen LogP contribution in [0.2, 0.25) is 0 Å². The number of pyridine rings is 1. The van der Waals surface area contributed by atoms with Crippen LogP contribution < -0.4 is 5.56 Å². The van der Waals surface area contributed by atoms with Gasteiger partial charge in [-0.15, -0.1) is 0 Å². The summed E-state index contributed by atoms with van der Waals surface area (Å²) in [7, 11) is 1.84. The Labute approximate surface area is 248 Å². The molecule has 6 nitrogen and oxygen atoms in total. The van der Waals surface area contributed by atoms with E-state index in [1.807, 2.05) is 58.3 Å². The molecule has 42 heavy (non-hydrogen) atoms. The number of carbonyl (C=O) groups is 1. The minimum Gasteiger partial charge on any atom is -0.480 e. The molecule has 0 amide bonds. The summed E-state index contributed by atoms with van der Waals surface area (Å²) in [6, 6.07) is 18.6. The molecule has 0 saturated carbocycles. The summed E-state index contributed by atoms with van der Waals surface area (Å²) < 4.78 is 16.0. The van der Waals surface area contributed by atoms with Crippen LogP contribution in [0.5, 0.6) is 0 Å². The van der Waals surface area contributed by atoms with Gasteiger partial charge in [0.15, 0.2) is 0 Å². The van der Waals surface area contributed by atoms with Crippen LogP contribution in [0.1, 0.15) is 67.7 Å². The van der Waals surface area contributed by atoms with Gasteiger partial charge >= 0.3 is 5.97 Å². The van der Waals surface area contributed by atoms with Gasteiger partial charge in [-0.05, 0) is 84.5 Å². The Morgan fingerprint density at radius 3 is 2.36 bits per heavy atom. The third-order valence-electron chi connectivity index (χ3n) is 9.20. The monoisotopic (exact) mass is 573 g/mol. The van der Waals surface area contributed by atoms with Crippen molar-refractivity contribution in [3.8, 4) is 0 Å². The van der Waals surface area contributed by atoms with Crippen molar-refractivity contribution in [1.29, 1.82) is 0 Å². The molecule has 224 valence electrons. The number of halogens is 1. The number of aliphatic carboxylic acids is 1. The second kappa shape index (κ2) is 12.5. The van der Waals surface area contributed by atoms with Crippen LogP contribution in [0.3, 0.4) is 0 Å². The van der Waals surface area contributed by atoms with E-state index in [1.54, 1.807) is 16.7 Å². The third kappa shape index (κ3) is 6.84. The fourth-order valence-corrected chi connectivity index (χ4v) is 7.28. The van der Waals surface area contributed by atoms with Crippen LogP contribution in [0.15, 0.2) is 71.7 Å². The summed E-state index contributed by atoms with van der Waals surface area (Å²) >= 11 is 0. The Balaban J connectivity index is 1.30. The molecule has 3 unspecified atom stereocenters. The van der Waals surface area contributed by atoms with E-state index in [1.165, 1.54) is 11.6 Å². The van der Waals surface area contributed by atoms with E-state index in [0.29, 0.717) is 13.1 Å². The molecule has 0 aliphatic carbocycles. The number of hydrogen-bond acceptors (Lipinski definition) is 4. The van der Waals surface area contributed by atoms with Crippen LogP contribution in [0.4, 0.5) is 4.39 Å². The number of nitrogens with zero attached hydrogens (tertiary/aromatic N) is 3.